The lowest BCUT2D eigenvalue weighted by Gasteiger charge is -2.33. The lowest BCUT2D eigenvalue weighted by molar-refractivity contribution is -0.0390. The molecule has 2 heterocycles. The molecule has 0 aromatic heterocycles. The van der Waals surface area contributed by atoms with Crippen LogP contribution in [-0.4, -0.2) is 62.4 Å². The van der Waals surface area contributed by atoms with E-state index in [-0.39, 0.29) is 0 Å². The Morgan fingerprint density at radius 3 is 2.81 bits per heavy atom. The molecule has 31 heavy (non-hydrogen) atoms. The van der Waals surface area contributed by atoms with Gasteiger partial charge < -0.3 is 25.0 Å². The Hall–Kier alpha value is -1.63. The molecule has 3 rings (SSSR count). The van der Waals surface area contributed by atoms with Gasteiger partial charge in [0.15, 0.2) is 5.96 Å². The first-order chi connectivity index (χ1) is 15.2. The molecule has 2 N–H and O–H groups in total. The minimum absolute atomic E-state index is 0.327. The predicted octanol–water partition coefficient (Wildman–Crippen LogP) is 3.70. The van der Waals surface area contributed by atoms with Gasteiger partial charge in [0, 0.05) is 38.9 Å². The number of guanidine groups is 1. The number of likely N-dealkylation sites (tertiary alicyclic amines) is 1. The van der Waals surface area contributed by atoms with Crippen LogP contribution in [0.2, 0.25) is 0 Å². The molecule has 2 aliphatic rings. The van der Waals surface area contributed by atoms with Gasteiger partial charge in [-0.3, -0.25) is 0 Å². The summed E-state index contributed by atoms with van der Waals surface area (Å²) in [5.41, 5.74) is 2.43. The number of ether oxygens (including phenoxy) is 2. The number of piperidine rings is 1. The number of nitrogens with one attached hydrogen (secondary N) is 2. The molecule has 2 saturated heterocycles. The van der Waals surface area contributed by atoms with Gasteiger partial charge in [0.2, 0.25) is 0 Å². The van der Waals surface area contributed by atoms with E-state index < -0.39 is 0 Å². The summed E-state index contributed by atoms with van der Waals surface area (Å²) in [6, 6.07) is 9.33. The Bertz CT molecular complexity index is 661. The molecule has 2 fully saturated rings. The van der Waals surface area contributed by atoms with Crippen molar-refractivity contribution in [2.75, 3.05) is 39.4 Å². The molecule has 0 amide bonds. The van der Waals surface area contributed by atoms with Crippen LogP contribution in [0.1, 0.15) is 63.5 Å². The maximum Gasteiger partial charge on any atom is 0.191 e. The molecule has 0 saturated carbocycles. The van der Waals surface area contributed by atoms with Crippen molar-refractivity contribution in [1.29, 1.82) is 0 Å². The first-order valence-electron chi connectivity index (χ1n) is 12.3. The quantitative estimate of drug-likeness (QED) is 0.337. The Morgan fingerprint density at radius 1 is 1.16 bits per heavy atom. The molecule has 0 radical (unpaired) electrons. The minimum atomic E-state index is 0.327. The van der Waals surface area contributed by atoms with Crippen molar-refractivity contribution in [3.63, 3.8) is 0 Å². The minimum Gasteiger partial charge on any atom is -0.381 e. The lowest BCUT2D eigenvalue weighted by Crippen LogP contribution is -2.41. The van der Waals surface area contributed by atoms with Crippen molar-refractivity contribution in [1.82, 2.24) is 15.5 Å². The standard InChI is InChI=1S/C25H42N4O2/c1-3-26-25(27-13-7-15-29-14-5-4-8-21(29)2)28-19-22-9-6-10-23(18-22)20-31-24-11-16-30-17-12-24/h6,9-10,18,21,24H,3-5,7-8,11-17,19-20H2,1-2H3,(H2,26,27,28). The van der Waals surface area contributed by atoms with Gasteiger partial charge in [-0.25, -0.2) is 4.99 Å². The third-order valence-corrected chi connectivity index (χ3v) is 6.26. The van der Waals surface area contributed by atoms with Crippen molar-refractivity contribution in [3.8, 4) is 0 Å². The van der Waals surface area contributed by atoms with E-state index in [1.54, 1.807) is 0 Å². The van der Waals surface area contributed by atoms with E-state index in [9.17, 15) is 0 Å². The van der Waals surface area contributed by atoms with Gasteiger partial charge in [-0.15, -0.1) is 0 Å². The molecule has 1 atom stereocenters. The lowest BCUT2D eigenvalue weighted by atomic mass is 10.0. The maximum atomic E-state index is 6.07. The Kier molecular flexibility index (Phi) is 10.6. The average molecular weight is 431 g/mol. The topological polar surface area (TPSA) is 58.1 Å². The second kappa shape index (κ2) is 13.7. The van der Waals surface area contributed by atoms with Gasteiger partial charge in [-0.2, -0.15) is 0 Å². The zero-order valence-electron chi connectivity index (χ0n) is 19.6. The van der Waals surface area contributed by atoms with Crippen LogP contribution >= 0.6 is 0 Å². The highest BCUT2D eigenvalue weighted by Crippen LogP contribution is 2.16. The third-order valence-electron chi connectivity index (χ3n) is 6.26. The van der Waals surface area contributed by atoms with Crippen LogP contribution in [0.25, 0.3) is 0 Å². The largest absolute Gasteiger partial charge is 0.381 e. The van der Waals surface area contributed by atoms with Crippen molar-refractivity contribution < 1.29 is 9.47 Å². The van der Waals surface area contributed by atoms with E-state index in [1.807, 2.05) is 0 Å². The first-order valence-corrected chi connectivity index (χ1v) is 12.3. The summed E-state index contributed by atoms with van der Waals surface area (Å²) >= 11 is 0. The summed E-state index contributed by atoms with van der Waals surface area (Å²) in [7, 11) is 0. The van der Waals surface area contributed by atoms with E-state index in [0.29, 0.717) is 19.3 Å². The van der Waals surface area contributed by atoms with Crippen molar-refractivity contribution in [2.45, 2.75) is 77.7 Å². The highest BCUT2D eigenvalue weighted by molar-refractivity contribution is 5.79. The van der Waals surface area contributed by atoms with E-state index in [0.717, 1.165) is 57.6 Å². The average Bonchev–Trinajstić information content (AvgIpc) is 2.81. The van der Waals surface area contributed by atoms with Crippen LogP contribution in [0.4, 0.5) is 0 Å². The summed E-state index contributed by atoms with van der Waals surface area (Å²) in [5.74, 6) is 0.901. The van der Waals surface area contributed by atoms with Crippen LogP contribution in [0.5, 0.6) is 0 Å². The van der Waals surface area contributed by atoms with Crippen LogP contribution in [0.15, 0.2) is 29.3 Å². The molecular weight excluding hydrogens is 388 g/mol. The molecule has 1 aromatic carbocycles. The van der Waals surface area contributed by atoms with E-state index in [1.165, 1.54) is 43.5 Å². The van der Waals surface area contributed by atoms with Crippen LogP contribution in [-0.2, 0) is 22.6 Å². The maximum absolute atomic E-state index is 6.07. The molecule has 6 nitrogen and oxygen atoms in total. The summed E-state index contributed by atoms with van der Waals surface area (Å²) in [6.07, 6.45) is 7.55. The van der Waals surface area contributed by atoms with Gasteiger partial charge in [-0.1, -0.05) is 30.7 Å². The van der Waals surface area contributed by atoms with E-state index in [4.69, 9.17) is 14.5 Å². The Morgan fingerprint density at radius 2 is 2.00 bits per heavy atom. The van der Waals surface area contributed by atoms with Crippen LogP contribution in [0.3, 0.4) is 0 Å². The first kappa shape index (κ1) is 24.0. The van der Waals surface area contributed by atoms with Gasteiger partial charge in [-0.05, 0) is 63.6 Å². The second-order valence-corrected chi connectivity index (χ2v) is 8.80. The highest BCUT2D eigenvalue weighted by Gasteiger charge is 2.17. The smallest absolute Gasteiger partial charge is 0.191 e. The SMILES string of the molecule is CCNC(=NCc1cccc(COC2CCOCC2)c1)NCCCN1CCCCC1C. The van der Waals surface area contributed by atoms with E-state index in [2.05, 4.69) is 53.6 Å². The number of rotatable bonds is 10. The molecule has 0 aliphatic carbocycles. The summed E-state index contributed by atoms with van der Waals surface area (Å²) in [4.78, 5) is 7.43. The molecule has 0 bridgehead atoms. The summed E-state index contributed by atoms with van der Waals surface area (Å²) in [5, 5.41) is 6.88. The van der Waals surface area contributed by atoms with Crippen LogP contribution < -0.4 is 10.6 Å². The monoisotopic (exact) mass is 430 g/mol. The van der Waals surface area contributed by atoms with Gasteiger partial charge in [0.1, 0.15) is 0 Å². The van der Waals surface area contributed by atoms with Gasteiger partial charge in [0.25, 0.3) is 0 Å². The second-order valence-electron chi connectivity index (χ2n) is 8.80. The molecule has 6 heteroatoms. The molecule has 1 unspecified atom stereocenters. The van der Waals surface area contributed by atoms with Gasteiger partial charge >= 0.3 is 0 Å². The molecule has 1 aromatic rings. The number of benzene rings is 1. The zero-order valence-corrected chi connectivity index (χ0v) is 19.6. The molecule has 2 aliphatic heterocycles. The molecule has 0 spiro atoms. The summed E-state index contributed by atoms with van der Waals surface area (Å²) < 4.78 is 11.5. The Balaban J connectivity index is 1.42. The number of hydrogen-bond acceptors (Lipinski definition) is 4. The fourth-order valence-corrected chi connectivity index (χ4v) is 4.37. The van der Waals surface area contributed by atoms with Crippen molar-refractivity contribution in [3.05, 3.63) is 35.4 Å². The molecular formula is C25H42N4O2. The third kappa shape index (κ3) is 8.79. The summed E-state index contributed by atoms with van der Waals surface area (Å²) in [6.45, 7) is 11.7. The zero-order chi connectivity index (χ0) is 21.7. The normalized spacial score (nSPS) is 21.2. The number of hydrogen-bond donors (Lipinski definition) is 2. The molecule has 174 valence electrons. The van der Waals surface area contributed by atoms with Gasteiger partial charge in [0.05, 0.1) is 19.3 Å². The van der Waals surface area contributed by atoms with Crippen molar-refractivity contribution >= 4 is 5.96 Å². The fraction of sp³-hybridized carbons (Fsp3) is 0.720. The number of aliphatic imine (C=N–C) groups is 1. The highest BCUT2D eigenvalue weighted by atomic mass is 16.5. The fourth-order valence-electron chi connectivity index (χ4n) is 4.37. The predicted molar refractivity (Wildman–Crippen MR) is 127 cm³/mol. The number of nitrogens with zero attached hydrogens (tertiary/aromatic N) is 2. The van der Waals surface area contributed by atoms with Crippen molar-refractivity contribution in [2.24, 2.45) is 4.99 Å². The van der Waals surface area contributed by atoms with Crippen LogP contribution in [0, 0.1) is 0 Å². The van der Waals surface area contributed by atoms with E-state index >= 15 is 0 Å². The Labute approximate surface area is 188 Å².